The van der Waals surface area contributed by atoms with E-state index in [0.29, 0.717) is 0 Å². The highest BCUT2D eigenvalue weighted by Crippen LogP contribution is 2.15. The van der Waals surface area contributed by atoms with Crippen LogP contribution in [0.15, 0.2) is 30.3 Å². The van der Waals surface area contributed by atoms with E-state index in [9.17, 15) is 0 Å². The van der Waals surface area contributed by atoms with Crippen molar-refractivity contribution in [3.63, 3.8) is 0 Å². The third kappa shape index (κ3) is 4.24. The molecule has 1 aromatic heterocycles. The van der Waals surface area contributed by atoms with E-state index in [1.165, 1.54) is 30.7 Å². The first-order chi connectivity index (χ1) is 12.8. The third-order valence-electron chi connectivity index (χ3n) is 5.64. The largest absolute Gasteiger partial charge is 0.304 e. The lowest BCUT2D eigenvalue weighted by Crippen LogP contribution is -2.47. The number of benzene rings is 1. The van der Waals surface area contributed by atoms with E-state index in [4.69, 9.17) is 17.3 Å². The van der Waals surface area contributed by atoms with Gasteiger partial charge in [0.25, 0.3) is 0 Å². The van der Waals surface area contributed by atoms with Crippen molar-refractivity contribution in [3.05, 3.63) is 46.5 Å². The van der Waals surface area contributed by atoms with E-state index < -0.39 is 0 Å². The van der Waals surface area contributed by atoms with Crippen molar-refractivity contribution in [1.82, 2.24) is 24.1 Å². The molecule has 1 aromatic carbocycles. The van der Waals surface area contributed by atoms with E-state index in [1.54, 1.807) is 0 Å². The summed E-state index contributed by atoms with van der Waals surface area (Å²) in [7, 11) is 0. The zero-order valence-electron chi connectivity index (χ0n) is 15.5. The molecule has 0 aliphatic carbocycles. The highest BCUT2D eigenvalue weighted by atomic mass is 32.1. The van der Waals surface area contributed by atoms with Gasteiger partial charge in [-0.2, -0.15) is 5.10 Å². The molecule has 5 nitrogen and oxygen atoms in total. The summed E-state index contributed by atoms with van der Waals surface area (Å²) in [6, 6.07) is 10.8. The molecule has 0 atom stereocenters. The van der Waals surface area contributed by atoms with Gasteiger partial charge in [0.15, 0.2) is 4.77 Å². The van der Waals surface area contributed by atoms with Gasteiger partial charge in [0, 0.05) is 45.7 Å². The Morgan fingerprint density at radius 1 is 0.885 bits per heavy atom. The molecule has 2 aliphatic heterocycles. The van der Waals surface area contributed by atoms with Crippen LogP contribution in [0.25, 0.3) is 0 Å². The number of rotatable bonds is 5. The Hall–Kier alpha value is -1.50. The molecular weight excluding hydrogens is 342 g/mol. The number of piperazine rings is 1. The van der Waals surface area contributed by atoms with Crippen LogP contribution in [0.3, 0.4) is 0 Å². The van der Waals surface area contributed by atoms with Crippen LogP contribution in [0.5, 0.6) is 0 Å². The Morgan fingerprint density at radius 3 is 2.46 bits per heavy atom. The van der Waals surface area contributed by atoms with Crippen LogP contribution in [0, 0.1) is 4.77 Å². The molecule has 0 bridgehead atoms. The molecule has 1 saturated heterocycles. The smallest absolute Gasteiger partial charge is 0.199 e. The van der Waals surface area contributed by atoms with Crippen molar-refractivity contribution < 1.29 is 0 Å². The standard InChI is InChI=1S/C20H29N5S/c26-20-24-11-6-2-5-9-19(24)21-25(20)17-23-15-13-22(14-16-23)12-10-18-7-3-1-4-8-18/h1,3-4,7-8H,2,5-6,9-17H2. The lowest BCUT2D eigenvalue weighted by atomic mass is 10.1. The number of hydrogen-bond donors (Lipinski definition) is 0. The number of nitrogens with zero attached hydrogens (tertiary/aromatic N) is 5. The fourth-order valence-electron chi connectivity index (χ4n) is 3.99. The topological polar surface area (TPSA) is 29.2 Å². The normalized spacial score (nSPS) is 19.2. The second-order valence-corrected chi connectivity index (χ2v) is 7.86. The third-order valence-corrected chi connectivity index (χ3v) is 6.07. The van der Waals surface area contributed by atoms with E-state index in [-0.39, 0.29) is 0 Å². The maximum atomic E-state index is 5.69. The van der Waals surface area contributed by atoms with Crippen molar-refractivity contribution >= 4 is 12.2 Å². The van der Waals surface area contributed by atoms with Crippen LogP contribution in [-0.4, -0.2) is 56.9 Å². The Labute approximate surface area is 161 Å². The lowest BCUT2D eigenvalue weighted by molar-refractivity contribution is 0.103. The summed E-state index contributed by atoms with van der Waals surface area (Å²) in [5.41, 5.74) is 1.43. The van der Waals surface area contributed by atoms with Crippen molar-refractivity contribution in [1.29, 1.82) is 0 Å². The molecule has 0 spiro atoms. The number of aromatic nitrogens is 3. The maximum absolute atomic E-state index is 5.69. The van der Waals surface area contributed by atoms with Gasteiger partial charge < -0.3 is 9.47 Å². The van der Waals surface area contributed by atoms with Crippen LogP contribution in [-0.2, 0) is 26.1 Å². The molecule has 0 saturated carbocycles. The SMILES string of the molecule is S=c1n(CN2CCN(CCc3ccccc3)CC2)nc2n1CCCCC2. The lowest BCUT2D eigenvalue weighted by Gasteiger charge is -2.34. The fourth-order valence-corrected chi connectivity index (χ4v) is 4.29. The second-order valence-electron chi connectivity index (χ2n) is 7.50. The first-order valence-electron chi connectivity index (χ1n) is 9.95. The summed E-state index contributed by atoms with van der Waals surface area (Å²) in [4.78, 5) is 5.06. The maximum Gasteiger partial charge on any atom is 0.199 e. The zero-order valence-corrected chi connectivity index (χ0v) is 16.3. The predicted molar refractivity (Wildman–Crippen MR) is 107 cm³/mol. The first-order valence-corrected chi connectivity index (χ1v) is 10.4. The fraction of sp³-hybridized carbons (Fsp3) is 0.600. The van der Waals surface area contributed by atoms with Crippen LogP contribution < -0.4 is 0 Å². The highest BCUT2D eigenvalue weighted by molar-refractivity contribution is 7.71. The predicted octanol–water partition coefficient (Wildman–Crippen LogP) is 2.96. The molecule has 3 heterocycles. The van der Waals surface area contributed by atoms with Crippen LogP contribution in [0.1, 0.15) is 30.7 Å². The number of hydrogen-bond acceptors (Lipinski definition) is 4. The van der Waals surface area contributed by atoms with Gasteiger partial charge in [0.2, 0.25) is 0 Å². The van der Waals surface area contributed by atoms with Gasteiger partial charge in [-0.25, -0.2) is 4.68 Å². The van der Waals surface area contributed by atoms with Crippen LogP contribution >= 0.6 is 12.2 Å². The van der Waals surface area contributed by atoms with Gasteiger partial charge in [0.05, 0.1) is 6.67 Å². The molecule has 140 valence electrons. The number of aryl methyl sites for hydroxylation is 1. The second kappa shape index (κ2) is 8.46. The molecule has 0 N–H and O–H groups in total. The average molecular weight is 372 g/mol. The Kier molecular flexibility index (Phi) is 5.82. The summed E-state index contributed by atoms with van der Waals surface area (Å²) in [5, 5.41) is 4.82. The number of fused-ring (bicyclic) bond motifs is 1. The van der Waals surface area contributed by atoms with Gasteiger partial charge in [-0.05, 0) is 37.0 Å². The molecule has 1 fully saturated rings. The van der Waals surface area contributed by atoms with Gasteiger partial charge >= 0.3 is 0 Å². The molecule has 6 heteroatoms. The summed E-state index contributed by atoms with van der Waals surface area (Å²) < 4.78 is 5.22. The summed E-state index contributed by atoms with van der Waals surface area (Å²) in [6.45, 7) is 7.49. The van der Waals surface area contributed by atoms with Gasteiger partial charge in [-0.15, -0.1) is 0 Å². The van der Waals surface area contributed by atoms with E-state index >= 15 is 0 Å². The Balaban J connectivity index is 1.28. The molecule has 0 amide bonds. The summed E-state index contributed by atoms with van der Waals surface area (Å²) in [5.74, 6) is 1.19. The Bertz CT molecular complexity index is 758. The monoisotopic (exact) mass is 371 g/mol. The summed E-state index contributed by atoms with van der Waals surface area (Å²) in [6.07, 6.45) is 5.98. The Morgan fingerprint density at radius 2 is 1.65 bits per heavy atom. The van der Waals surface area contributed by atoms with E-state index in [0.717, 1.165) is 63.5 Å². The zero-order chi connectivity index (χ0) is 17.8. The molecule has 4 rings (SSSR count). The van der Waals surface area contributed by atoms with E-state index in [2.05, 4.69) is 49.4 Å². The minimum absolute atomic E-state index is 0.839. The van der Waals surface area contributed by atoms with Gasteiger partial charge in [-0.3, -0.25) is 4.90 Å². The molecule has 2 aliphatic rings. The molecule has 0 radical (unpaired) electrons. The van der Waals surface area contributed by atoms with Gasteiger partial charge in [-0.1, -0.05) is 36.8 Å². The summed E-state index contributed by atoms with van der Waals surface area (Å²) >= 11 is 5.69. The van der Waals surface area contributed by atoms with Crippen molar-refractivity contribution in [2.24, 2.45) is 0 Å². The van der Waals surface area contributed by atoms with Crippen molar-refractivity contribution in [2.45, 2.75) is 45.3 Å². The molecule has 0 unspecified atom stereocenters. The quantitative estimate of drug-likeness (QED) is 0.756. The van der Waals surface area contributed by atoms with Crippen LogP contribution in [0.2, 0.25) is 0 Å². The van der Waals surface area contributed by atoms with Crippen molar-refractivity contribution in [2.75, 3.05) is 32.7 Å². The first kappa shape index (κ1) is 17.9. The van der Waals surface area contributed by atoms with Gasteiger partial charge in [0.1, 0.15) is 5.82 Å². The minimum atomic E-state index is 0.839. The molecule has 26 heavy (non-hydrogen) atoms. The average Bonchev–Trinajstić information content (AvgIpc) is 2.85. The molecular formula is C20H29N5S. The minimum Gasteiger partial charge on any atom is -0.304 e. The molecule has 2 aromatic rings. The van der Waals surface area contributed by atoms with E-state index in [1.807, 2.05) is 0 Å². The van der Waals surface area contributed by atoms with Crippen molar-refractivity contribution in [3.8, 4) is 0 Å². The highest BCUT2D eigenvalue weighted by Gasteiger charge is 2.19. The van der Waals surface area contributed by atoms with Crippen LogP contribution in [0.4, 0.5) is 0 Å².